The minimum absolute atomic E-state index is 0.0393. The third-order valence-corrected chi connectivity index (χ3v) is 3.49. The van der Waals surface area contributed by atoms with Crippen molar-refractivity contribution < 1.29 is 18.7 Å². The summed E-state index contributed by atoms with van der Waals surface area (Å²) in [6, 6.07) is 9.37. The van der Waals surface area contributed by atoms with Gasteiger partial charge in [0.05, 0.1) is 11.6 Å². The highest BCUT2D eigenvalue weighted by molar-refractivity contribution is 6.31. The van der Waals surface area contributed by atoms with Gasteiger partial charge >= 0.3 is 0 Å². The number of fused-ring (bicyclic) bond motifs is 1. The molecular formula is C16H14ClFN2O3. The maximum Gasteiger partial charge on any atom is 0.243 e. The number of hydrogen-bond donors (Lipinski definition) is 2. The summed E-state index contributed by atoms with van der Waals surface area (Å²) in [5.41, 5.74) is 1.17. The number of benzene rings is 2. The average Bonchev–Trinajstić information content (AvgIpc) is 2.56. The van der Waals surface area contributed by atoms with Gasteiger partial charge < -0.3 is 20.1 Å². The second-order valence-electron chi connectivity index (χ2n) is 4.89. The number of amides is 1. The van der Waals surface area contributed by atoms with E-state index in [9.17, 15) is 9.18 Å². The standard InChI is InChI=1S/C16H14ClFN2O3/c17-12-7-11(1-3-13(12)18)20-16(21)9-19-10-2-4-14-15(8-10)23-6-5-22-14/h1-4,7-8,19H,5-6,9H2,(H,20,21). The van der Waals surface area contributed by atoms with E-state index in [0.717, 1.165) is 5.69 Å². The van der Waals surface area contributed by atoms with E-state index < -0.39 is 5.82 Å². The molecule has 120 valence electrons. The Labute approximate surface area is 137 Å². The van der Waals surface area contributed by atoms with Crippen molar-refractivity contribution in [3.8, 4) is 11.5 Å². The van der Waals surface area contributed by atoms with Crippen LogP contribution in [0.3, 0.4) is 0 Å². The molecule has 2 aromatic rings. The SMILES string of the molecule is O=C(CNc1ccc2c(c1)OCCO2)Nc1ccc(F)c(Cl)c1. The Morgan fingerprint density at radius 3 is 2.61 bits per heavy atom. The minimum atomic E-state index is -0.529. The van der Waals surface area contributed by atoms with Crippen LogP contribution in [0.2, 0.25) is 5.02 Å². The fourth-order valence-corrected chi connectivity index (χ4v) is 2.30. The molecule has 7 heteroatoms. The van der Waals surface area contributed by atoms with Crippen molar-refractivity contribution in [3.05, 3.63) is 47.2 Å². The fourth-order valence-electron chi connectivity index (χ4n) is 2.11. The molecule has 23 heavy (non-hydrogen) atoms. The molecule has 1 aliphatic rings. The molecule has 0 saturated heterocycles. The first kappa shape index (κ1) is 15.4. The minimum Gasteiger partial charge on any atom is -0.486 e. The molecule has 1 aliphatic heterocycles. The third-order valence-electron chi connectivity index (χ3n) is 3.20. The van der Waals surface area contributed by atoms with Crippen LogP contribution in [0.1, 0.15) is 0 Å². The lowest BCUT2D eigenvalue weighted by atomic mass is 10.2. The van der Waals surface area contributed by atoms with Gasteiger partial charge in [-0.05, 0) is 30.3 Å². The van der Waals surface area contributed by atoms with Crippen LogP contribution in [-0.4, -0.2) is 25.7 Å². The van der Waals surface area contributed by atoms with Gasteiger partial charge in [0.25, 0.3) is 0 Å². The van der Waals surface area contributed by atoms with E-state index in [1.807, 2.05) is 0 Å². The molecule has 0 unspecified atom stereocenters. The van der Waals surface area contributed by atoms with Crippen LogP contribution in [0.5, 0.6) is 11.5 Å². The largest absolute Gasteiger partial charge is 0.486 e. The summed E-state index contributed by atoms with van der Waals surface area (Å²) in [6.07, 6.45) is 0. The summed E-state index contributed by atoms with van der Waals surface area (Å²) >= 11 is 5.67. The lowest BCUT2D eigenvalue weighted by Gasteiger charge is -2.19. The molecule has 3 rings (SSSR count). The van der Waals surface area contributed by atoms with Gasteiger partial charge in [-0.15, -0.1) is 0 Å². The van der Waals surface area contributed by atoms with Crippen LogP contribution in [0, 0.1) is 5.82 Å². The van der Waals surface area contributed by atoms with Crippen LogP contribution in [0.25, 0.3) is 0 Å². The fraction of sp³-hybridized carbons (Fsp3) is 0.188. The van der Waals surface area contributed by atoms with Crippen molar-refractivity contribution in [2.75, 3.05) is 30.4 Å². The number of rotatable bonds is 4. The van der Waals surface area contributed by atoms with Gasteiger partial charge in [-0.2, -0.15) is 0 Å². The predicted molar refractivity (Wildman–Crippen MR) is 86.0 cm³/mol. The summed E-state index contributed by atoms with van der Waals surface area (Å²) in [4.78, 5) is 11.9. The van der Waals surface area contributed by atoms with Crippen molar-refractivity contribution in [1.29, 1.82) is 0 Å². The summed E-state index contributed by atoms with van der Waals surface area (Å²) < 4.78 is 24.0. The summed E-state index contributed by atoms with van der Waals surface area (Å²) in [5, 5.41) is 5.58. The molecule has 0 saturated carbocycles. The van der Waals surface area contributed by atoms with Crippen molar-refractivity contribution >= 4 is 28.9 Å². The number of halogens is 2. The average molecular weight is 337 g/mol. The Morgan fingerprint density at radius 1 is 1.09 bits per heavy atom. The molecule has 0 aromatic heterocycles. The third kappa shape index (κ3) is 3.84. The van der Waals surface area contributed by atoms with Gasteiger partial charge in [-0.1, -0.05) is 11.6 Å². The first-order chi connectivity index (χ1) is 11.1. The zero-order chi connectivity index (χ0) is 16.2. The van der Waals surface area contributed by atoms with Crippen LogP contribution in [-0.2, 0) is 4.79 Å². The van der Waals surface area contributed by atoms with Crippen LogP contribution < -0.4 is 20.1 Å². The van der Waals surface area contributed by atoms with Gasteiger partial charge in [0.15, 0.2) is 11.5 Å². The first-order valence-corrected chi connectivity index (χ1v) is 7.38. The summed E-state index contributed by atoms with van der Waals surface area (Å²) in [5.74, 6) is 0.529. The lowest BCUT2D eigenvalue weighted by molar-refractivity contribution is -0.114. The lowest BCUT2D eigenvalue weighted by Crippen LogP contribution is -2.22. The molecule has 2 N–H and O–H groups in total. The highest BCUT2D eigenvalue weighted by Crippen LogP contribution is 2.32. The zero-order valence-electron chi connectivity index (χ0n) is 12.1. The quantitative estimate of drug-likeness (QED) is 0.899. The van der Waals surface area contributed by atoms with Crippen LogP contribution >= 0.6 is 11.6 Å². The second-order valence-corrected chi connectivity index (χ2v) is 5.30. The van der Waals surface area contributed by atoms with Crippen LogP contribution in [0.4, 0.5) is 15.8 Å². The molecule has 0 aliphatic carbocycles. The van der Waals surface area contributed by atoms with E-state index in [2.05, 4.69) is 10.6 Å². The maximum atomic E-state index is 13.1. The molecule has 0 atom stereocenters. The monoisotopic (exact) mass is 336 g/mol. The molecule has 1 heterocycles. The molecule has 5 nitrogen and oxygen atoms in total. The Hall–Kier alpha value is -2.47. The van der Waals surface area contributed by atoms with Crippen molar-refractivity contribution in [2.45, 2.75) is 0 Å². The van der Waals surface area contributed by atoms with E-state index in [1.165, 1.54) is 18.2 Å². The van der Waals surface area contributed by atoms with Gasteiger partial charge in [0, 0.05) is 17.4 Å². The molecule has 0 bridgehead atoms. The van der Waals surface area contributed by atoms with Gasteiger partial charge in [0.2, 0.25) is 5.91 Å². The number of ether oxygens (including phenoxy) is 2. The van der Waals surface area contributed by atoms with E-state index in [-0.39, 0.29) is 17.5 Å². The van der Waals surface area contributed by atoms with Crippen molar-refractivity contribution in [1.82, 2.24) is 0 Å². The molecular weight excluding hydrogens is 323 g/mol. The van der Waals surface area contributed by atoms with E-state index in [0.29, 0.717) is 30.4 Å². The molecule has 0 spiro atoms. The van der Waals surface area contributed by atoms with Gasteiger partial charge in [0.1, 0.15) is 19.0 Å². The molecule has 0 radical (unpaired) electrons. The molecule has 0 fully saturated rings. The highest BCUT2D eigenvalue weighted by atomic mass is 35.5. The van der Waals surface area contributed by atoms with Crippen molar-refractivity contribution in [2.24, 2.45) is 0 Å². The molecule has 2 aromatic carbocycles. The smallest absolute Gasteiger partial charge is 0.243 e. The zero-order valence-corrected chi connectivity index (χ0v) is 12.8. The number of nitrogens with one attached hydrogen (secondary N) is 2. The number of hydrogen-bond acceptors (Lipinski definition) is 4. The van der Waals surface area contributed by atoms with Gasteiger partial charge in [-0.25, -0.2) is 4.39 Å². The first-order valence-electron chi connectivity index (χ1n) is 7.00. The highest BCUT2D eigenvalue weighted by Gasteiger charge is 2.12. The Balaban J connectivity index is 1.57. The Kier molecular flexibility index (Phi) is 4.52. The summed E-state index contributed by atoms with van der Waals surface area (Å²) in [6.45, 7) is 1.08. The normalized spacial score (nSPS) is 12.6. The Bertz CT molecular complexity index is 739. The summed E-state index contributed by atoms with van der Waals surface area (Å²) in [7, 11) is 0. The predicted octanol–water partition coefficient (Wildman–Crippen LogP) is 3.30. The number of anilines is 2. The van der Waals surface area contributed by atoms with Crippen LogP contribution in [0.15, 0.2) is 36.4 Å². The van der Waals surface area contributed by atoms with Gasteiger partial charge in [-0.3, -0.25) is 4.79 Å². The molecule has 1 amide bonds. The second kappa shape index (κ2) is 6.75. The van der Waals surface area contributed by atoms with E-state index >= 15 is 0 Å². The maximum absolute atomic E-state index is 13.1. The van der Waals surface area contributed by atoms with Crippen molar-refractivity contribution in [3.63, 3.8) is 0 Å². The number of carbonyl (C=O) groups is 1. The van der Waals surface area contributed by atoms with E-state index in [4.69, 9.17) is 21.1 Å². The Morgan fingerprint density at radius 2 is 1.83 bits per heavy atom. The van der Waals surface area contributed by atoms with E-state index in [1.54, 1.807) is 18.2 Å². The number of carbonyl (C=O) groups excluding carboxylic acids is 1. The topological polar surface area (TPSA) is 59.6 Å².